The molecule has 0 radical (unpaired) electrons. The molecule has 2 amide bonds. The van der Waals surface area contributed by atoms with Gasteiger partial charge in [0, 0.05) is 32.2 Å². The summed E-state index contributed by atoms with van der Waals surface area (Å²) in [5, 5.41) is 14.8. The van der Waals surface area contributed by atoms with Crippen LogP contribution in [0.4, 0.5) is 4.79 Å². The van der Waals surface area contributed by atoms with E-state index in [0.717, 1.165) is 22.3 Å². The van der Waals surface area contributed by atoms with Gasteiger partial charge in [-0.1, -0.05) is 48.5 Å². The summed E-state index contributed by atoms with van der Waals surface area (Å²) in [6, 6.07) is 16.3. The Labute approximate surface area is 204 Å². The Bertz CT molecular complexity index is 1080. The summed E-state index contributed by atoms with van der Waals surface area (Å²) < 4.78 is 11.1. The molecule has 8 nitrogen and oxygen atoms in total. The zero-order chi connectivity index (χ0) is 24.4. The van der Waals surface area contributed by atoms with Crippen molar-refractivity contribution in [2.24, 2.45) is 17.3 Å². The maximum atomic E-state index is 13.1. The summed E-state index contributed by atoms with van der Waals surface area (Å²) in [5.74, 6) is -1.42. The highest BCUT2D eigenvalue weighted by Crippen LogP contribution is 2.44. The zero-order valence-electron chi connectivity index (χ0n) is 19.5. The van der Waals surface area contributed by atoms with Gasteiger partial charge in [0.25, 0.3) is 0 Å². The summed E-state index contributed by atoms with van der Waals surface area (Å²) >= 11 is 0. The zero-order valence-corrected chi connectivity index (χ0v) is 19.5. The first-order chi connectivity index (χ1) is 17.0. The number of carbonyl (C=O) groups is 3. The Balaban J connectivity index is 1.18. The largest absolute Gasteiger partial charge is 0.481 e. The SMILES string of the molecule is O=C(NCC1(C(=O)NC[C@@H]2C[C@@H]2C(=O)O)CCOCC1)OCC1c2ccccc2-c2ccccc21. The first-order valence-electron chi connectivity index (χ1n) is 12.2. The Hall–Kier alpha value is -3.39. The quantitative estimate of drug-likeness (QED) is 0.537. The molecule has 0 bridgehead atoms. The number of carboxylic acids is 1. The van der Waals surface area contributed by atoms with Gasteiger partial charge in [-0.15, -0.1) is 0 Å². The highest BCUT2D eigenvalue weighted by molar-refractivity contribution is 5.84. The number of fused-ring (bicyclic) bond motifs is 3. The van der Waals surface area contributed by atoms with Crippen molar-refractivity contribution in [2.75, 3.05) is 32.9 Å². The lowest BCUT2D eigenvalue weighted by Crippen LogP contribution is -2.51. The van der Waals surface area contributed by atoms with E-state index in [1.807, 2.05) is 24.3 Å². The van der Waals surface area contributed by atoms with Crippen LogP contribution in [-0.2, 0) is 19.1 Å². The van der Waals surface area contributed by atoms with E-state index in [1.54, 1.807) is 0 Å². The molecule has 0 unspecified atom stereocenters. The van der Waals surface area contributed by atoms with Crippen molar-refractivity contribution in [3.05, 3.63) is 59.7 Å². The first-order valence-corrected chi connectivity index (χ1v) is 12.2. The molecule has 1 saturated carbocycles. The molecule has 5 rings (SSSR count). The van der Waals surface area contributed by atoms with Gasteiger partial charge < -0.3 is 25.2 Å². The molecule has 3 N–H and O–H groups in total. The van der Waals surface area contributed by atoms with E-state index in [2.05, 4.69) is 34.9 Å². The molecule has 35 heavy (non-hydrogen) atoms. The highest BCUT2D eigenvalue weighted by atomic mass is 16.5. The van der Waals surface area contributed by atoms with E-state index in [4.69, 9.17) is 14.6 Å². The molecule has 3 aliphatic rings. The van der Waals surface area contributed by atoms with Crippen LogP contribution in [0, 0.1) is 17.3 Å². The average Bonchev–Trinajstić information content (AvgIpc) is 3.61. The summed E-state index contributed by atoms with van der Waals surface area (Å²) in [4.78, 5) is 36.8. The lowest BCUT2D eigenvalue weighted by Gasteiger charge is -2.35. The van der Waals surface area contributed by atoms with Gasteiger partial charge >= 0.3 is 12.1 Å². The summed E-state index contributed by atoms with van der Waals surface area (Å²) in [5.41, 5.74) is 3.81. The number of rotatable bonds is 8. The van der Waals surface area contributed by atoms with E-state index >= 15 is 0 Å². The topological polar surface area (TPSA) is 114 Å². The molecule has 1 heterocycles. The number of amides is 2. The molecule has 2 aliphatic carbocycles. The Morgan fingerprint density at radius 2 is 1.60 bits per heavy atom. The molecule has 2 aromatic carbocycles. The van der Waals surface area contributed by atoms with Crippen LogP contribution in [0.25, 0.3) is 11.1 Å². The van der Waals surface area contributed by atoms with Crippen molar-refractivity contribution in [1.82, 2.24) is 10.6 Å². The number of hydrogen-bond acceptors (Lipinski definition) is 5. The first kappa shape index (κ1) is 23.4. The Morgan fingerprint density at radius 3 is 2.20 bits per heavy atom. The van der Waals surface area contributed by atoms with Crippen molar-refractivity contribution in [3.8, 4) is 11.1 Å². The normalized spacial score (nSPS) is 21.9. The third-order valence-electron chi connectivity index (χ3n) is 7.61. The third-order valence-corrected chi connectivity index (χ3v) is 7.61. The lowest BCUT2D eigenvalue weighted by atomic mass is 9.79. The second-order valence-corrected chi connectivity index (χ2v) is 9.72. The van der Waals surface area contributed by atoms with E-state index in [-0.39, 0.29) is 36.8 Å². The minimum atomic E-state index is -0.818. The van der Waals surface area contributed by atoms with Gasteiger partial charge in [0.1, 0.15) is 6.61 Å². The average molecular weight is 479 g/mol. The monoisotopic (exact) mass is 478 g/mol. The fraction of sp³-hybridized carbons (Fsp3) is 0.444. The van der Waals surface area contributed by atoms with Crippen LogP contribution in [0.15, 0.2) is 48.5 Å². The van der Waals surface area contributed by atoms with Gasteiger partial charge in [0.05, 0.1) is 11.3 Å². The van der Waals surface area contributed by atoms with Gasteiger partial charge in [-0.25, -0.2) is 4.79 Å². The molecule has 2 atom stereocenters. The molecule has 0 aromatic heterocycles. The predicted molar refractivity (Wildman–Crippen MR) is 128 cm³/mol. The number of ether oxygens (including phenoxy) is 2. The second-order valence-electron chi connectivity index (χ2n) is 9.72. The molecule has 1 saturated heterocycles. The summed E-state index contributed by atoms with van der Waals surface area (Å²) in [7, 11) is 0. The third kappa shape index (κ3) is 4.75. The van der Waals surface area contributed by atoms with Crippen molar-refractivity contribution >= 4 is 18.0 Å². The van der Waals surface area contributed by atoms with E-state index in [1.165, 1.54) is 0 Å². The van der Waals surface area contributed by atoms with Gasteiger partial charge in [-0.2, -0.15) is 0 Å². The highest BCUT2D eigenvalue weighted by Gasteiger charge is 2.45. The minimum absolute atomic E-state index is 0.0246. The Kier molecular flexibility index (Phi) is 6.47. The van der Waals surface area contributed by atoms with Crippen LogP contribution >= 0.6 is 0 Å². The molecule has 2 fully saturated rings. The number of nitrogens with one attached hydrogen (secondary N) is 2. The Morgan fingerprint density at radius 1 is 0.971 bits per heavy atom. The molecular formula is C27H30N2O6. The van der Waals surface area contributed by atoms with Gasteiger partial charge in [0.15, 0.2) is 0 Å². The van der Waals surface area contributed by atoms with Crippen LogP contribution in [0.2, 0.25) is 0 Å². The standard InChI is InChI=1S/C27H30N2O6/c30-24(31)22-13-17(22)14-28-25(32)27(9-11-34-12-10-27)16-29-26(33)35-15-23-20-7-3-1-5-18(20)19-6-2-4-8-21(19)23/h1-8,17,22-23H,9-16H2,(H,28,32)(H,29,33)(H,30,31)/t17-,22-/m0/s1. The molecular weight excluding hydrogens is 448 g/mol. The van der Waals surface area contributed by atoms with Gasteiger partial charge in [-0.05, 0) is 47.4 Å². The molecule has 1 aliphatic heterocycles. The van der Waals surface area contributed by atoms with E-state index in [9.17, 15) is 14.4 Å². The fourth-order valence-corrected chi connectivity index (χ4v) is 5.32. The fourth-order valence-electron chi connectivity index (χ4n) is 5.32. The number of aliphatic carboxylic acids is 1. The van der Waals surface area contributed by atoms with Gasteiger partial charge in [0.2, 0.25) is 5.91 Å². The molecule has 184 valence electrons. The smallest absolute Gasteiger partial charge is 0.407 e. The van der Waals surface area contributed by atoms with Crippen molar-refractivity contribution in [3.63, 3.8) is 0 Å². The van der Waals surface area contributed by atoms with Gasteiger partial charge in [-0.3, -0.25) is 9.59 Å². The molecule has 8 heteroatoms. The number of hydrogen-bond donors (Lipinski definition) is 3. The lowest BCUT2D eigenvalue weighted by molar-refractivity contribution is -0.139. The number of alkyl carbamates (subject to hydrolysis) is 1. The van der Waals surface area contributed by atoms with E-state index in [0.29, 0.717) is 39.0 Å². The summed E-state index contributed by atoms with van der Waals surface area (Å²) in [6.45, 7) is 1.55. The number of carbonyl (C=O) groups excluding carboxylic acids is 2. The number of carboxylic acid groups (broad SMARTS) is 1. The maximum Gasteiger partial charge on any atom is 0.407 e. The van der Waals surface area contributed by atoms with Crippen LogP contribution < -0.4 is 10.6 Å². The van der Waals surface area contributed by atoms with Crippen LogP contribution in [0.3, 0.4) is 0 Å². The van der Waals surface area contributed by atoms with Crippen LogP contribution in [-0.4, -0.2) is 56.0 Å². The van der Waals surface area contributed by atoms with Crippen LogP contribution in [0.1, 0.15) is 36.3 Å². The molecule has 0 spiro atoms. The minimum Gasteiger partial charge on any atom is -0.481 e. The van der Waals surface area contributed by atoms with Crippen LogP contribution in [0.5, 0.6) is 0 Å². The predicted octanol–water partition coefficient (Wildman–Crippen LogP) is 3.16. The van der Waals surface area contributed by atoms with Crippen molar-refractivity contribution in [2.45, 2.75) is 25.2 Å². The maximum absolute atomic E-state index is 13.1. The molecule has 2 aromatic rings. The number of benzene rings is 2. The van der Waals surface area contributed by atoms with E-state index < -0.39 is 17.5 Å². The van der Waals surface area contributed by atoms with Crippen molar-refractivity contribution in [1.29, 1.82) is 0 Å². The van der Waals surface area contributed by atoms with Crippen molar-refractivity contribution < 1.29 is 29.0 Å². The summed E-state index contributed by atoms with van der Waals surface area (Å²) in [6.07, 6.45) is 0.994. The second kappa shape index (κ2) is 9.70.